The summed E-state index contributed by atoms with van der Waals surface area (Å²) in [4.78, 5) is 24.6. The standard InChI is InChI=1S/C27H26O6/c28-26(32-19-25-7-4-17-30-25)21-10-14-24(15-11-21)33-27(29)22-8-12-23(13-9-22)31-18-16-20-5-2-1-3-6-20/h1-3,5-6,8-15,25H,4,7,16-19H2. The van der Waals surface area contributed by atoms with Crippen LogP contribution >= 0.6 is 0 Å². The molecule has 1 heterocycles. The second-order valence-corrected chi connectivity index (χ2v) is 7.76. The quantitative estimate of drug-likeness (QED) is 0.345. The van der Waals surface area contributed by atoms with Gasteiger partial charge in [0.2, 0.25) is 0 Å². The molecule has 6 nitrogen and oxygen atoms in total. The van der Waals surface area contributed by atoms with E-state index in [1.54, 1.807) is 48.5 Å². The molecule has 1 aliphatic rings. The minimum absolute atomic E-state index is 0.0187. The number of hydrogen-bond acceptors (Lipinski definition) is 6. The third-order valence-corrected chi connectivity index (χ3v) is 5.32. The first-order valence-corrected chi connectivity index (χ1v) is 11.0. The largest absolute Gasteiger partial charge is 0.493 e. The number of benzene rings is 3. The van der Waals surface area contributed by atoms with Crippen molar-refractivity contribution in [3.05, 3.63) is 95.6 Å². The third-order valence-electron chi connectivity index (χ3n) is 5.32. The lowest BCUT2D eigenvalue weighted by Gasteiger charge is -2.10. The first kappa shape index (κ1) is 22.6. The summed E-state index contributed by atoms with van der Waals surface area (Å²) in [5.41, 5.74) is 2.01. The van der Waals surface area contributed by atoms with Crippen LogP contribution in [0.25, 0.3) is 0 Å². The Bertz CT molecular complexity index is 1040. The van der Waals surface area contributed by atoms with Gasteiger partial charge in [0.1, 0.15) is 18.1 Å². The van der Waals surface area contributed by atoms with Gasteiger partial charge in [-0.25, -0.2) is 9.59 Å². The second-order valence-electron chi connectivity index (χ2n) is 7.76. The summed E-state index contributed by atoms with van der Waals surface area (Å²) in [5.74, 6) is 0.123. The van der Waals surface area contributed by atoms with Crippen molar-refractivity contribution >= 4 is 11.9 Å². The van der Waals surface area contributed by atoms with Gasteiger partial charge in [-0.1, -0.05) is 30.3 Å². The molecule has 0 saturated carbocycles. The normalized spacial score (nSPS) is 15.1. The average molecular weight is 446 g/mol. The molecule has 1 atom stereocenters. The Morgan fingerprint density at radius 3 is 2.15 bits per heavy atom. The SMILES string of the molecule is O=C(OCC1CCCO1)c1ccc(OC(=O)c2ccc(OCCc3ccccc3)cc2)cc1. The van der Waals surface area contributed by atoms with Crippen molar-refractivity contribution in [1.29, 1.82) is 0 Å². The van der Waals surface area contributed by atoms with E-state index in [9.17, 15) is 9.59 Å². The highest BCUT2D eigenvalue weighted by Crippen LogP contribution is 2.18. The molecule has 170 valence electrons. The van der Waals surface area contributed by atoms with E-state index >= 15 is 0 Å². The van der Waals surface area contributed by atoms with Crippen LogP contribution in [-0.4, -0.2) is 37.9 Å². The molecular formula is C27H26O6. The molecule has 0 bridgehead atoms. The zero-order chi connectivity index (χ0) is 22.9. The summed E-state index contributed by atoms with van der Waals surface area (Å²) in [6.07, 6.45) is 2.69. The lowest BCUT2D eigenvalue weighted by molar-refractivity contribution is 0.0161. The van der Waals surface area contributed by atoms with Gasteiger partial charge in [-0.3, -0.25) is 0 Å². The van der Waals surface area contributed by atoms with Crippen molar-refractivity contribution in [3.8, 4) is 11.5 Å². The van der Waals surface area contributed by atoms with Crippen molar-refractivity contribution < 1.29 is 28.5 Å². The Labute approximate surface area is 193 Å². The Hall–Kier alpha value is -3.64. The molecule has 4 rings (SSSR count). The fourth-order valence-corrected chi connectivity index (χ4v) is 3.47. The van der Waals surface area contributed by atoms with Crippen LogP contribution in [0.15, 0.2) is 78.9 Å². The van der Waals surface area contributed by atoms with Crippen LogP contribution in [0.1, 0.15) is 39.1 Å². The number of esters is 2. The molecule has 0 radical (unpaired) electrons. The summed E-state index contributed by atoms with van der Waals surface area (Å²) in [7, 11) is 0. The van der Waals surface area contributed by atoms with Gasteiger partial charge in [-0.15, -0.1) is 0 Å². The highest BCUT2D eigenvalue weighted by Gasteiger charge is 2.18. The van der Waals surface area contributed by atoms with Gasteiger partial charge in [0, 0.05) is 13.0 Å². The maximum absolute atomic E-state index is 12.4. The Morgan fingerprint density at radius 1 is 0.818 bits per heavy atom. The van der Waals surface area contributed by atoms with Crippen molar-refractivity contribution in [2.24, 2.45) is 0 Å². The highest BCUT2D eigenvalue weighted by atomic mass is 16.6. The van der Waals surface area contributed by atoms with Crippen LogP contribution in [-0.2, 0) is 15.9 Å². The molecule has 3 aromatic carbocycles. The maximum Gasteiger partial charge on any atom is 0.343 e. The molecule has 0 aromatic heterocycles. The molecule has 0 N–H and O–H groups in total. The Morgan fingerprint density at radius 2 is 1.48 bits per heavy atom. The lowest BCUT2D eigenvalue weighted by atomic mass is 10.2. The third kappa shape index (κ3) is 6.67. The molecule has 0 aliphatic carbocycles. The van der Waals surface area contributed by atoms with E-state index in [0.717, 1.165) is 19.3 Å². The molecule has 1 fully saturated rings. The number of rotatable bonds is 9. The van der Waals surface area contributed by atoms with Crippen LogP contribution in [0, 0.1) is 0 Å². The molecule has 1 unspecified atom stereocenters. The molecular weight excluding hydrogens is 420 g/mol. The summed E-state index contributed by atoms with van der Waals surface area (Å²) in [5, 5.41) is 0. The van der Waals surface area contributed by atoms with E-state index in [2.05, 4.69) is 12.1 Å². The minimum atomic E-state index is -0.487. The summed E-state index contributed by atoms with van der Waals surface area (Å²) >= 11 is 0. The van der Waals surface area contributed by atoms with Crippen LogP contribution in [0.2, 0.25) is 0 Å². The van der Waals surface area contributed by atoms with Crippen LogP contribution in [0.4, 0.5) is 0 Å². The van der Waals surface area contributed by atoms with E-state index in [-0.39, 0.29) is 12.7 Å². The number of carbonyl (C=O) groups is 2. The lowest BCUT2D eigenvalue weighted by Crippen LogP contribution is -2.17. The van der Waals surface area contributed by atoms with Gasteiger partial charge < -0.3 is 18.9 Å². The fraction of sp³-hybridized carbons (Fsp3) is 0.259. The minimum Gasteiger partial charge on any atom is -0.493 e. The van der Waals surface area contributed by atoms with Crippen LogP contribution < -0.4 is 9.47 Å². The molecule has 1 saturated heterocycles. The smallest absolute Gasteiger partial charge is 0.343 e. The van der Waals surface area contributed by atoms with E-state index in [1.165, 1.54) is 5.56 Å². The van der Waals surface area contributed by atoms with Crippen molar-refractivity contribution in [1.82, 2.24) is 0 Å². The average Bonchev–Trinajstić information content (AvgIpc) is 3.38. The molecule has 0 spiro atoms. The van der Waals surface area contributed by atoms with E-state index < -0.39 is 11.9 Å². The van der Waals surface area contributed by atoms with Crippen LogP contribution in [0.3, 0.4) is 0 Å². The van der Waals surface area contributed by atoms with Gasteiger partial charge in [0.15, 0.2) is 0 Å². The monoisotopic (exact) mass is 446 g/mol. The Kier molecular flexibility index (Phi) is 7.72. The summed E-state index contributed by atoms with van der Waals surface area (Å²) in [6, 6.07) is 23.2. The van der Waals surface area contributed by atoms with Crippen molar-refractivity contribution in [2.45, 2.75) is 25.4 Å². The van der Waals surface area contributed by atoms with E-state index in [4.69, 9.17) is 18.9 Å². The zero-order valence-electron chi connectivity index (χ0n) is 18.3. The maximum atomic E-state index is 12.4. The first-order chi connectivity index (χ1) is 16.2. The van der Waals surface area contributed by atoms with Gasteiger partial charge in [-0.2, -0.15) is 0 Å². The number of hydrogen-bond donors (Lipinski definition) is 0. The second kappa shape index (κ2) is 11.3. The zero-order valence-corrected chi connectivity index (χ0v) is 18.3. The number of ether oxygens (including phenoxy) is 4. The Balaban J connectivity index is 1.24. The van der Waals surface area contributed by atoms with Gasteiger partial charge in [-0.05, 0) is 66.9 Å². The fourth-order valence-electron chi connectivity index (χ4n) is 3.47. The van der Waals surface area contributed by atoms with Gasteiger partial charge >= 0.3 is 11.9 Å². The highest BCUT2D eigenvalue weighted by molar-refractivity contribution is 5.92. The number of carbonyl (C=O) groups excluding carboxylic acids is 2. The van der Waals surface area contributed by atoms with Crippen molar-refractivity contribution in [2.75, 3.05) is 19.8 Å². The molecule has 6 heteroatoms. The predicted molar refractivity (Wildman–Crippen MR) is 123 cm³/mol. The summed E-state index contributed by atoms with van der Waals surface area (Å²) in [6.45, 7) is 1.52. The first-order valence-electron chi connectivity index (χ1n) is 11.0. The molecule has 1 aliphatic heterocycles. The van der Waals surface area contributed by atoms with E-state index in [0.29, 0.717) is 35.8 Å². The predicted octanol–water partition coefficient (Wildman–Crippen LogP) is 4.86. The van der Waals surface area contributed by atoms with Gasteiger partial charge in [0.05, 0.1) is 23.8 Å². The topological polar surface area (TPSA) is 71.1 Å². The van der Waals surface area contributed by atoms with Crippen LogP contribution in [0.5, 0.6) is 11.5 Å². The molecule has 3 aromatic rings. The molecule has 0 amide bonds. The molecule has 33 heavy (non-hydrogen) atoms. The van der Waals surface area contributed by atoms with Gasteiger partial charge in [0.25, 0.3) is 0 Å². The summed E-state index contributed by atoms with van der Waals surface area (Å²) < 4.78 is 21.9. The van der Waals surface area contributed by atoms with Crippen molar-refractivity contribution in [3.63, 3.8) is 0 Å². The van der Waals surface area contributed by atoms with E-state index in [1.807, 2.05) is 18.2 Å².